The average molecular weight is 334 g/mol. The summed E-state index contributed by atoms with van der Waals surface area (Å²) in [5.41, 5.74) is 3.84. The Kier molecular flexibility index (Phi) is 1.81. The molecule has 0 bridgehead atoms. The van der Waals surface area contributed by atoms with Gasteiger partial charge in [0, 0.05) is 0 Å². The standard InChI is InChI=1S/C6H8I2/c1-5-2-8-4-6(5)3-7-1/h1-4H2/q-2. The van der Waals surface area contributed by atoms with Gasteiger partial charge in [0.1, 0.15) is 0 Å². The summed E-state index contributed by atoms with van der Waals surface area (Å²) in [6.45, 7) is 0. The molecule has 2 aliphatic rings. The van der Waals surface area contributed by atoms with Crippen molar-refractivity contribution in [2.45, 2.75) is 0 Å². The van der Waals surface area contributed by atoms with E-state index in [0.29, 0.717) is 42.4 Å². The van der Waals surface area contributed by atoms with Crippen LogP contribution >= 0.6 is 0 Å². The maximum absolute atomic E-state index is 1.92. The molecule has 0 aromatic heterocycles. The molecule has 0 aromatic rings. The fraction of sp³-hybridized carbons (Fsp3) is 0.667. The van der Waals surface area contributed by atoms with Gasteiger partial charge in [0.2, 0.25) is 0 Å². The van der Waals surface area contributed by atoms with Gasteiger partial charge in [-0.3, -0.25) is 0 Å². The normalized spacial score (nSPS) is 29.0. The Morgan fingerprint density at radius 2 is 1.12 bits per heavy atom. The van der Waals surface area contributed by atoms with Crippen LogP contribution in [0, 0.1) is 0 Å². The van der Waals surface area contributed by atoms with Crippen molar-refractivity contribution in [2.75, 3.05) is 17.7 Å². The Hall–Kier alpha value is 1.20. The number of halogens is 2. The Labute approximate surface area is 70.6 Å². The topological polar surface area (TPSA) is 0 Å². The average Bonchev–Trinajstić information content (AvgIpc) is 2.15. The van der Waals surface area contributed by atoms with Crippen LogP contribution < -0.4 is 42.4 Å². The fourth-order valence-electron chi connectivity index (χ4n) is 1.00. The zero-order chi connectivity index (χ0) is 5.40. The van der Waals surface area contributed by atoms with Crippen LogP contribution in [0.3, 0.4) is 0 Å². The van der Waals surface area contributed by atoms with Crippen molar-refractivity contribution in [3.8, 4) is 0 Å². The first-order valence-electron chi connectivity index (χ1n) is 2.73. The van der Waals surface area contributed by atoms with Crippen molar-refractivity contribution >= 4 is 0 Å². The summed E-state index contributed by atoms with van der Waals surface area (Å²) in [5.74, 6) is 0. The van der Waals surface area contributed by atoms with Crippen LogP contribution in [0.1, 0.15) is 0 Å². The van der Waals surface area contributed by atoms with Crippen molar-refractivity contribution in [2.24, 2.45) is 0 Å². The van der Waals surface area contributed by atoms with Crippen LogP contribution in [0.2, 0.25) is 0 Å². The summed E-state index contributed by atoms with van der Waals surface area (Å²) < 4.78 is 6.31. The van der Waals surface area contributed by atoms with E-state index in [1.165, 1.54) is 0 Å². The van der Waals surface area contributed by atoms with Gasteiger partial charge in [-0.1, -0.05) is 0 Å². The van der Waals surface area contributed by atoms with Crippen LogP contribution in [-0.4, -0.2) is 17.7 Å². The molecule has 48 valence electrons. The molecule has 2 heteroatoms. The first kappa shape index (κ1) is 5.95. The summed E-state index contributed by atoms with van der Waals surface area (Å²) in [7, 11) is 0. The molecule has 2 rings (SSSR count). The maximum atomic E-state index is 1.92. The van der Waals surface area contributed by atoms with E-state index >= 15 is 0 Å². The van der Waals surface area contributed by atoms with Gasteiger partial charge in [0.15, 0.2) is 0 Å². The molecule has 0 amide bonds. The molecule has 8 heavy (non-hydrogen) atoms. The number of hydrogen-bond donors (Lipinski definition) is 0. The van der Waals surface area contributed by atoms with Gasteiger partial charge >= 0.3 is 71.3 Å². The molecule has 0 radical (unpaired) electrons. The molecule has 0 N–H and O–H groups in total. The molecule has 2 heterocycles. The molecule has 0 unspecified atom stereocenters. The predicted molar refractivity (Wildman–Crippen MR) is 26.5 cm³/mol. The first-order chi connectivity index (χ1) is 3.97. The van der Waals surface area contributed by atoms with Crippen molar-refractivity contribution in [3.05, 3.63) is 11.1 Å². The second kappa shape index (κ2) is 2.44. The van der Waals surface area contributed by atoms with E-state index in [4.69, 9.17) is 0 Å². The van der Waals surface area contributed by atoms with Gasteiger partial charge in [0.25, 0.3) is 0 Å². The molecule has 0 aliphatic carbocycles. The van der Waals surface area contributed by atoms with Crippen LogP contribution in [0.25, 0.3) is 0 Å². The Bertz CT molecular complexity index is 109. The SMILES string of the molecule is C1[I-]CC2=C1C[I-]C2. The first-order valence-corrected chi connectivity index (χ1v) is 8.84. The van der Waals surface area contributed by atoms with E-state index in [9.17, 15) is 0 Å². The molecule has 0 saturated carbocycles. The predicted octanol–water partition coefficient (Wildman–Crippen LogP) is -5.51. The molecule has 0 fully saturated rings. The third-order valence-corrected chi connectivity index (χ3v) is 7.36. The van der Waals surface area contributed by atoms with E-state index in [-0.39, 0.29) is 0 Å². The van der Waals surface area contributed by atoms with Crippen molar-refractivity contribution < 1.29 is 42.4 Å². The van der Waals surface area contributed by atoms with Gasteiger partial charge in [-0.2, -0.15) is 0 Å². The van der Waals surface area contributed by atoms with Crippen molar-refractivity contribution in [1.82, 2.24) is 0 Å². The summed E-state index contributed by atoms with van der Waals surface area (Å²) in [4.78, 5) is 0. The Morgan fingerprint density at radius 1 is 0.750 bits per heavy atom. The minimum absolute atomic E-state index is 0.650. The van der Waals surface area contributed by atoms with E-state index in [1.807, 2.05) is 11.1 Å². The molecule has 0 spiro atoms. The molecule has 0 nitrogen and oxygen atoms in total. The van der Waals surface area contributed by atoms with Gasteiger partial charge in [-0.05, 0) is 0 Å². The van der Waals surface area contributed by atoms with Crippen LogP contribution in [-0.2, 0) is 0 Å². The van der Waals surface area contributed by atoms with Crippen molar-refractivity contribution in [1.29, 1.82) is 0 Å². The second-order valence-corrected chi connectivity index (χ2v) is 7.33. The Morgan fingerprint density at radius 3 is 1.50 bits per heavy atom. The third-order valence-electron chi connectivity index (χ3n) is 1.52. The number of allylic oxidation sites excluding steroid dienone is 2. The zero-order valence-electron chi connectivity index (χ0n) is 4.58. The number of alkyl halides is 4. The van der Waals surface area contributed by atoms with E-state index in [2.05, 4.69) is 0 Å². The number of hydrogen-bond acceptors (Lipinski definition) is 0. The molecular formula is C6H8I2-2. The molecule has 2 aliphatic heterocycles. The van der Waals surface area contributed by atoms with Gasteiger partial charge < -0.3 is 0 Å². The monoisotopic (exact) mass is 334 g/mol. The van der Waals surface area contributed by atoms with E-state index in [0.717, 1.165) is 0 Å². The summed E-state index contributed by atoms with van der Waals surface area (Å²) in [6, 6.07) is 0. The van der Waals surface area contributed by atoms with Gasteiger partial charge in [-0.15, -0.1) is 0 Å². The zero-order valence-corrected chi connectivity index (χ0v) is 8.90. The van der Waals surface area contributed by atoms with E-state index < -0.39 is 0 Å². The summed E-state index contributed by atoms with van der Waals surface area (Å²) >= 11 is 1.30. The second-order valence-electron chi connectivity index (χ2n) is 2.12. The van der Waals surface area contributed by atoms with Crippen molar-refractivity contribution in [3.63, 3.8) is 0 Å². The Balaban J connectivity index is 2.23. The third kappa shape index (κ3) is 0.936. The van der Waals surface area contributed by atoms with Crippen LogP contribution in [0.5, 0.6) is 0 Å². The van der Waals surface area contributed by atoms with Crippen LogP contribution in [0.4, 0.5) is 0 Å². The minimum atomic E-state index is 0.650. The quantitative estimate of drug-likeness (QED) is 0.236. The van der Waals surface area contributed by atoms with Crippen LogP contribution in [0.15, 0.2) is 11.1 Å². The number of rotatable bonds is 0. The molecule has 0 aromatic carbocycles. The summed E-state index contributed by atoms with van der Waals surface area (Å²) in [5, 5.41) is 0. The fourth-order valence-corrected chi connectivity index (χ4v) is 9.44. The summed E-state index contributed by atoms with van der Waals surface area (Å²) in [6.07, 6.45) is 0. The molecular weight excluding hydrogens is 326 g/mol. The molecule has 0 atom stereocenters. The van der Waals surface area contributed by atoms with Gasteiger partial charge in [0.05, 0.1) is 0 Å². The molecule has 0 saturated heterocycles. The van der Waals surface area contributed by atoms with Gasteiger partial charge in [-0.25, -0.2) is 0 Å². The van der Waals surface area contributed by atoms with E-state index in [1.54, 1.807) is 17.7 Å².